The molecule has 0 spiro atoms. The lowest BCUT2D eigenvalue weighted by Crippen LogP contribution is -2.08. The second kappa shape index (κ2) is 8.24. The molecule has 0 fully saturated rings. The van der Waals surface area contributed by atoms with Crippen molar-refractivity contribution in [3.63, 3.8) is 0 Å². The van der Waals surface area contributed by atoms with E-state index < -0.39 is 0 Å². The summed E-state index contributed by atoms with van der Waals surface area (Å²) in [6.07, 6.45) is 1.62. The van der Waals surface area contributed by atoms with Crippen LogP contribution in [0.5, 0.6) is 0 Å². The monoisotopic (exact) mass is 386 g/mol. The zero-order valence-electron chi connectivity index (χ0n) is 15.0. The number of H-pyrrole nitrogens is 1. The number of nitrogens with zero attached hydrogens (tertiary/aromatic N) is 2. The number of methoxy groups -OCH3 is 1. The van der Waals surface area contributed by atoms with E-state index in [9.17, 15) is 9.18 Å². The molecule has 8 heteroatoms. The minimum atomic E-state index is -0.311. The Labute approximate surface area is 161 Å². The zero-order valence-corrected chi connectivity index (χ0v) is 15.8. The summed E-state index contributed by atoms with van der Waals surface area (Å²) in [6.45, 7) is 2.44. The summed E-state index contributed by atoms with van der Waals surface area (Å²) < 4.78 is 21.0. The molecule has 2 N–H and O–H groups in total. The lowest BCUT2D eigenvalue weighted by Gasteiger charge is -2.12. The van der Waals surface area contributed by atoms with Crippen molar-refractivity contribution in [2.75, 3.05) is 19.0 Å². The van der Waals surface area contributed by atoms with E-state index in [1.807, 2.05) is 10.6 Å². The van der Waals surface area contributed by atoms with Crippen LogP contribution in [-0.2, 0) is 16.1 Å². The van der Waals surface area contributed by atoms with Crippen LogP contribution in [0.4, 0.5) is 10.2 Å². The van der Waals surface area contributed by atoms with Gasteiger partial charge < -0.3 is 19.6 Å². The van der Waals surface area contributed by atoms with E-state index in [-0.39, 0.29) is 11.7 Å². The minimum Gasteiger partial charge on any atom is -0.383 e. The van der Waals surface area contributed by atoms with Gasteiger partial charge in [-0.2, -0.15) is 0 Å². The highest BCUT2D eigenvalue weighted by Crippen LogP contribution is 2.32. The number of amides is 1. The average molecular weight is 386 g/mol. The number of anilines is 1. The molecule has 0 bridgehead atoms. The Kier molecular flexibility index (Phi) is 5.78. The maximum absolute atomic E-state index is 13.4. The Morgan fingerprint density at radius 2 is 2.04 bits per heavy atom. The van der Waals surface area contributed by atoms with Crippen molar-refractivity contribution in [2.24, 2.45) is 0 Å². The van der Waals surface area contributed by atoms with Crippen LogP contribution in [0.2, 0.25) is 0 Å². The summed E-state index contributed by atoms with van der Waals surface area (Å²) in [5.74, 6) is -0.0753. The molecule has 0 saturated heterocycles. The Bertz CT molecular complexity index is 1010. The Balaban J connectivity index is 2.18. The van der Waals surface area contributed by atoms with E-state index >= 15 is 0 Å². The lowest BCUT2D eigenvalue weighted by atomic mass is 10.1. The van der Waals surface area contributed by atoms with Gasteiger partial charge in [0.2, 0.25) is 5.91 Å². The van der Waals surface area contributed by atoms with Crippen molar-refractivity contribution in [3.05, 3.63) is 53.2 Å². The highest BCUT2D eigenvalue weighted by atomic mass is 32.1. The van der Waals surface area contributed by atoms with Gasteiger partial charge in [0.25, 0.3) is 0 Å². The van der Waals surface area contributed by atoms with Gasteiger partial charge in [-0.05, 0) is 48.6 Å². The topological polar surface area (TPSA) is 71.9 Å². The Morgan fingerprint density at radius 3 is 2.70 bits per heavy atom. The number of hydrogen-bond donors (Lipinski definition) is 2. The standard InChI is InChI=1S/C19H19FN4O2S/c1-12(25)22-16-11-14(7-8-21-16)18-17(13-3-5-15(20)6-4-13)23-19(27)24(18)9-10-26-2/h3-8,11H,9-10H2,1-2H3,(H,23,27)(H,21,22,25). The number of carbonyl (C=O) groups excluding carboxylic acids is 1. The number of aromatic amines is 1. The predicted octanol–water partition coefficient (Wildman–Crippen LogP) is 4.02. The van der Waals surface area contributed by atoms with Crippen LogP contribution in [0.3, 0.4) is 0 Å². The van der Waals surface area contributed by atoms with Crippen molar-refractivity contribution < 1.29 is 13.9 Å². The molecule has 0 aliphatic rings. The van der Waals surface area contributed by atoms with Crippen molar-refractivity contribution in [2.45, 2.75) is 13.5 Å². The normalized spacial score (nSPS) is 10.8. The largest absolute Gasteiger partial charge is 0.383 e. The molecule has 0 saturated carbocycles. The van der Waals surface area contributed by atoms with Crippen LogP contribution in [0.1, 0.15) is 6.92 Å². The Hall–Kier alpha value is -2.84. The summed E-state index contributed by atoms with van der Waals surface area (Å²) in [4.78, 5) is 18.7. The number of halogens is 1. The predicted molar refractivity (Wildman–Crippen MR) is 104 cm³/mol. The fourth-order valence-electron chi connectivity index (χ4n) is 2.82. The third kappa shape index (κ3) is 4.29. The molecule has 6 nitrogen and oxygen atoms in total. The van der Waals surface area contributed by atoms with Crippen molar-refractivity contribution in [3.8, 4) is 22.5 Å². The van der Waals surface area contributed by atoms with Gasteiger partial charge in [0.1, 0.15) is 11.6 Å². The lowest BCUT2D eigenvalue weighted by molar-refractivity contribution is -0.114. The van der Waals surface area contributed by atoms with Crippen LogP contribution in [0, 0.1) is 10.6 Å². The van der Waals surface area contributed by atoms with E-state index in [2.05, 4.69) is 15.3 Å². The highest BCUT2D eigenvalue weighted by molar-refractivity contribution is 7.71. The van der Waals surface area contributed by atoms with Gasteiger partial charge in [-0.1, -0.05) is 0 Å². The van der Waals surface area contributed by atoms with Crippen LogP contribution in [0.15, 0.2) is 42.6 Å². The molecule has 3 aromatic rings. The third-order valence-corrected chi connectivity index (χ3v) is 4.30. The van der Waals surface area contributed by atoms with Gasteiger partial charge in [0, 0.05) is 37.9 Å². The SMILES string of the molecule is COCCn1c(-c2ccnc(NC(C)=O)c2)c(-c2ccc(F)cc2)[nH]c1=S. The van der Waals surface area contributed by atoms with E-state index in [4.69, 9.17) is 17.0 Å². The average Bonchev–Trinajstić information content (AvgIpc) is 2.96. The van der Waals surface area contributed by atoms with Gasteiger partial charge >= 0.3 is 0 Å². The molecule has 0 aliphatic heterocycles. The van der Waals surface area contributed by atoms with Gasteiger partial charge in [-0.3, -0.25) is 4.79 Å². The maximum Gasteiger partial charge on any atom is 0.222 e. The smallest absolute Gasteiger partial charge is 0.222 e. The van der Waals surface area contributed by atoms with Gasteiger partial charge in [-0.25, -0.2) is 9.37 Å². The van der Waals surface area contributed by atoms with Crippen molar-refractivity contribution in [1.82, 2.24) is 14.5 Å². The molecule has 0 unspecified atom stereocenters. The fourth-order valence-corrected chi connectivity index (χ4v) is 3.10. The molecule has 1 amide bonds. The van der Waals surface area contributed by atoms with Gasteiger partial charge in [0.15, 0.2) is 4.77 Å². The molecule has 0 atom stereocenters. The summed E-state index contributed by atoms with van der Waals surface area (Å²) in [5, 5.41) is 2.68. The van der Waals surface area contributed by atoms with Gasteiger partial charge in [0.05, 0.1) is 18.0 Å². The number of nitrogens with one attached hydrogen (secondary N) is 2. The molecular weight excluding hydrogens is 367 g/mol. The molecule has 0 aliphatic carbocycles. The number of aromatic nitrogens is 3. The van der Waals surface area contributed by atoms with Crippen LogP contribution < -0.4 is 5.32 Å². The van der Waals surface area contributed by atoms with Crippen LogP contribution in [-0.4, -0.2) is 34.2 Å². The number of pyridine rings is 1. The van der Waals surface area contributed by atoms with E-state index in [1.165, 1.54) is 19.1 Å². The molecule has 2 heterocycles. The first kappa shape index (κ1) is 18.9. The van der Waals surface area contributed by atoms with E-state index in [0.29, 0.717) is 23.7 Å². The minimum absolute atomic E-state index is 0.205. The second-order valence-electron chi connectivity index (χ2n) is 5.92. The first-order valence-electron chi connectivity index (χ1n) is 8.31. The summed E-state index contributed by atoms with van der Waals surface area (Å²) in [6, 6.07) is 9.79. The zero-order chi connectivity index (χ0) is 19.4. The molecule has 3 rings (SSSR count). The Morgan fingerprint density at radius 1 is 1.30 bits per heavy atom. The number of hydrogen-bond acceptors (Lipinski definition) is 4. The summed E-state index contributed by atoms with van der Waals surface area (Å²) >= 11 is 5.49. The molecule has 2 aromatic heterocycles. The summed E-state index contributed by atoms with van der Waals surface area (Å²) in [7, 11) is 1.62. The number of ether oxygens (including phenoxy) is 1. The quantitative estimate of drug-likeness (QED) is 0.628. The number of benzene rings is 1. The van der Waals surface area contributed by atoms with E-state index in [1.54, 1.807) is 31.5 Å². The second-order valence-corrected chi connectivity index (χ2v) is 6.30. The number of imidazole rings is 1. The highest BCUT2D eigenvalue weighted by Gasteiger charge is 2.17. The molecule has 0 radical (unpaired) electrons. The van der Waals surface area contributed by atoms with Crippen molar-refractivity contribution in [1.29, 1.82) is 0 Å². The first-order valence-corrected chi connectivity index (χ1v) is 8.72. The van der Waals surface area contributed by atoms with Crippen LogP contribution >= 0.6 is 12.2 Å². The molecule has 1 aromatic carbocycles. The molecule has 27 heavy (non-hydrogen) atoms. The van der Waals surface area contributed by atoms with Gasteiger partial charge in [-0.15, -0.1) is 0 Å². The molecular formula is C19H19FN4O2S. The maximum atomic E-state index is 13.4. The number of rotatable bonds is 6. The summed E-state index contributed by atoms with van der Waals surface area (Å²) in [5.41, 5.74) is 3.19. The first-order chi connectivity index (χ1) is 13.0. The molecule has 140 valence electrons. The number of carbonyl (C=O) groups is 1. The van der Waals surface area contributed by atoms with Crippen molar-refractivity contribution >= 4 is 23.9 Å². The third-order valence-electron chi connectivity index (χ3n) is 3.97. The van der Waals surface area contributed by atoms with E-state index in [0.717, 1.165) is 22.5 Å². The van der Waals surface area contributed by atoms with Crippen LogP contribution in [0.25, 0.3) is 22.5 Å². The fraction of sp³-hybridized carbons (Fsp3) is 0.211.